The Morgan fingerprint density at radius 3 is 2.76 bits per heavy atom. The molecular formula is C10H7FN2O4. The van der Waals surface area contributed by atoms with Gasteiger partial charge in [0.25, 0.3) is 5.69 Å². The average molecular weight is 238 g/mol. The smallest absolute Gasteiger partial charge is 0.321 e. The molecule has 0 aliphatic heterocycles. The molecule has 1 aromatic carbocycles. The first kappa shape index (κ1) is 12.6. The van der Waals surface area contributed by atoms with Gasteiger partial charge in [-0.2, -0.15) is 5.26 Å². The second-order valence-electron chi connectivity index (χ2n) is 3.26. The minimum atomic E-state index is -1.42. The molecule has 0 aliphatic carbocycles. The van der Waals surface area contributed by atoms with Crippen molar-refractivity contribution in [2.45, 2.75) is 6.42 Å². The van der Waals surface area contributed by atoms with Crippen LogP contribution in [0.5, 0.6) is 0 Å². The number of non-ortho nitro benzene ring substituents is 1. The van der Waals surface area contributed by atoms with Crippen molar-refractivity contribution in [2.75, 3.05) is 0 Å². The van der Waals surface area contributed by atoms with Crippen LogP contribution in [0.25, 0.3) is 0 Å². The number of carboxylic acid groups (broad SMARTS) is 1. The maximum Gasteiger partial charge on any atom is 0.321 e. The summed E-state index contributed by atoms with van der Waals surface area (Å²) in [5.41, 5.74) is -0.503. The molecular weight excluding hydrogens is 231 g/mol. The van der Waals surface area contributed by atoms with Crippen molar-refractivity contribution in [3.63, 3.8) is 0 Å². The Labute approximate surface area is 95.1 Å². The highest BCUT2D eigenvalue weighted by atomic mass is 19.1. The van der Waals surface area contributed by atoms with Gasteiger partial charge >= 0.3 is 5.97 Å². The standard InChI is InChI=1S/C10H7FN2O4/c11-9-2-1-8(13(16)17)4-6(9)3-7(5-12)10(14)15/h1-2,4,7H,3H2,(H,14,15). The maximum absolute atomic E-state index is 13.3. The van der Waals surface area contributed by atoms with Crippen LogP contribution in [0, 0.1) is 33.2 Å². The number of benzene rings is 1. The van der Waals surface area contributed by atoms with E-state index in [-0.39, 0.29) is 11.3 Å². The molecule has 0 fully saturated rings. The molecule has 1 aromatic rings. The van der Waals surface area contributed by atoms with Crippen molar-refractivity contribution in [3.8, 4) is 6.07 Å². The predicted molar refractivity (Wildman–Crippen MR) is 53.5 cm³/mol. The normalized spacial score (nSPS) is 11.5. The van der Waals surface area contributed by atoms with Gasteiger partial charge in [-0.25, -0.2) is 4.39 Å². The van der Waals surface area contributed by atoms with Gasteiger partial charge < -0.3 is 5.11 Å². The van der Waals surface area contributed by atoms with Gasteiger partial charge in [-0.1, -0.05) is 0 Å². The lowest BCUT2D eigenvalue weighted by Crippen LogP contribution is -2.15. The number of halogens is 1. The van der Waals surface area contributed by atoms with Crippen LogP contribution < -0.4 is 0 Å². The Morgan fingerprint density at radius 2 is 2.29 bits per heavy atom. The second-order valence-corrected chi connectivity index (χ2v) is 3.26. The van der Waals surface area contributed by atoms with E-state index in [0.717, 1.165) is 18.2 Å². The SMILES string of the molecule is N#CC(Cc1cc([N+](=O)[O-])ccc1F)C(=O)O. The van der Waals surface area contributed by atoms with Crippen LogP contribution in [0.3, 0.4) is 0 Å². The molecule has 1 N–H and O–H groups in total. The third kappa shape index (κ3) is 2.98. The number of nitro benzene ring substituents is 1. The Bertz CT molecular complexity index is 510. The van der Waals surface area contributed by atoms with Crippen LogP contribution in [-0.2, 0) is 11.2 Å². The lowest BCUT2D eigenvalue weighted by atomic mass is 10.00. The summed E-state index contributed by atoms with van der Waals surface area (Å²) in [5, 5.41) is 27.6. The highest BCUT2D eigenvalue weighted by molar-refractivity contribution is 5.73. The predicted octanol–water partition coefficient (Wildman–Crippen LogP) is 1.50. The van der Waals surface area contributed by atoms with Crippen molar-refractivity contribution in [1.29, 1.82) is 5.26 Å². The molecule has 0 aromatic heterocycles. The monoisotopic (exact) mass is 238 g/mol. The molecule has 0 amide bonds. The molecule has 0 bridgehead atoms. The average Bonchev–Trinajstić information content (AvgIpc) is 2.27. The summed E-state index contributed by atoms with van der Waals surface area (Å²) in [4.78, 5) is 20.3. The molecule has 0 heterocycles. The Hall–Kier alpha value is -2.49. The van der Waals surface area contributed by atoms with E-state index in [9.17, 15) is 19.3 Å². The van der Waals surface area contributed by atoms with Crippen molar-refractivity contribution in [3.05, 3.63) is 39.7 Å². The molecule has 1 rings (SSSR count). The number of nitro groups is 1. The van der Waals surface area contributed by atoms with Gasteiger partial charge in [-0.3, -0.25) is 14.9 Å². The first-order valence-electron chi connectivity index (χ1n) is 4.51. The first-order valence-corrected chi connectivity index (χ1v) is 4.51. The minimum Gasteiger partial charge on any atom is -0.480 e. The highest BCUT2D eigenvalue weighted by Crippen LogP contribution is 2.19. The number of carbonyl (C=O) groups is 1. The van der Waals surface area contributed by atoms with Crippen LogP contribution in [-0.4, -0.2) is 16.0 Å². The summed E-state index contributed by atoms with van der Waals surface area (Å²) < 4.78 is 13.3. The number of hydrogen-bond donors (Lipinski definition) is 1. The lowest BCUT2D eigenvalue weighted by molar-refractivity contribution is -0.385. The summed E-state index contributed by atoms with van der Waals surface area (Å²) in [5.74, 6) is -3.58. The molecule has 0 radical (unpaired) electrons. The summed E-state index contributed by atoms with van der Waals surface area (Å²) in [6.07, 6.45) is -0.403. The molecule has 17 heavy (non-hydrogen) atoms. The number of aliphatic carboxylic acids is 1. The van der Waals surface area contributed by atoms with Gasteiger partial charge in [-0.05, 0) is 11.6 Å². The summed E-state index contributed by atoms with van der Waals surface area (Å²) >= 11 is 0. The zero-order valence-electron chi connectivity index (χ0n) is 8.46. The van der Waals surface area contributed by atoms with E-state index in [1.165, 1.54) is 6.07 Å². The van der Waals surface area contributed by atoms with Gasteiger partial charge in [0.15, 0.2) is 0 Å². The van der Waals surface area contributed by atoms with E-state index in [1.54, 1.807) is 0 Å². The van der Waals surface area contributed by atoms with Crippen LogP contribution in [0.1, 0.15) is 5.56 Å². The fraction of sp³-hybridized carbons (Fsp3) is 0.200. The van der Waals surface area contributed by atoms with Gasteiger partial charge in [0.2, 0.25) is 0 Å². The quantitative estimate of drug-likeness (QED) is 0.632. The van der Waals surface area contributed by atoms with Gasteiger partial charge in [0.1, 0.15) is 11.7 Å². The minimum absolute atomic E-state index is 0.159. The number of carboxylic acids is 1. The van der Waals surface area contributed by atoms with Gasteiger partial charge in [0, 0.05) is 18.6 Å². The molecule has 7 heteroatoms. The molecule has 0 aliphatic rings. The molecule has 0 saturated carbocycles. The third-order valence-corrected chi connectivity index (χ3v) is 2.12. The number of nitrogens with zero attached hydrogens (tertiary/aromatic N) is 2. The Kier molecular flexibility index (Phi) is 3.72. The first-order chi connectivity index (χ1) is 7.95. The van der Waals surface area contributed by atoms with E-state index in [1.807, 2.05) is 0 Å². The second kappa shape index (κ2) is 5.03. The van der Waals surface area contributed by atoms with E-state index < -0.39 is 29.0 Å². The van der Waals surface area contributed by atoms with Crippen molar-refractivity contribution >= 4 is 11.7 Å². The van der Waals surface area contributed by atoms with E-state index in [2.05, 4.69) is 0 Å². The van der Waals surface area contributed by atoms with Crippen molar-refractivity contribution in [1.82, 2.24) is 0 Å². The van der Waals surface area contributed by atoms with Crippen molar-refractivity contribution in [2.24, 2.45) is 5.92 Å². The van der Waals surface area contributed by atoms with E-state index in [0.29, 0.717) is 0 Å². The summed E-state index contributed by atoms with van der Waals surface area (Å²) in [6.45, 7) is 0. The molecule has 6 nitrogen and oxygen atoms in total. The summed E-state index contributed by atoms with van der Waals surface area (Å²) in [6, 6.07) is 4.27. The number of nitriles is 1. The van der Waals surface area contributed by atoms with E-state index >= 15 is 0 Å². The number of hydrogen-bond acceptors (Lipinski definition) is 4. The van der Waals surface area contributed by atoms with Crippen LogP contribution in [0.4, 0.5) is 10.1 Å². The topological polar surface area (TPSA) is 104 Å². The van der Waals surface area contributed by atoms with E-state index in [4.69, 9.17) is 10.4 Å². The Morgan fingerprint density at radius 1 is 1.65 bits per heavy atom. The fourth-order valence-electron chi connectivity index (χ4n) is 1.24. The van der Waals surface area contributed by atoms with Gasteiger partial charge in [-0.15, -0.1) is 0 Å². The Balaban J connectivity index is 3.05. The van der Waals surface area contributed by atoms with Crippen molar-refractivity contribution < 1.29 is 19.2 Å². The zero-order chi connectivity index (χ0) is 13.0. The summed E-state index contributed by atoms with van der Waals surface area (Å²) in [7, 11) is 0. The fourth-order valence-corrected chi connectivity index (χ4v) is 1.24. The lowest BCUT2D eigenvalue weighted by Gasteiger charge is -2.05. The largest absolute Gasteiger partial charge is 0.480 e. The zero-order valence-corrected chi connectivity index (χ0v) is 8.46. The molecule has 88 valence electrons. The molecule has 1 unspecified atom stereocenters. The highest BCUT2D eigenvalue weighted by Gasteiger charge is 2.20. The molecule has 0 spiro atoms. The van der Waals surface area contributed by atoms with Gasteiger partial charge in [0.05, 0.1) is 11.0 Å². The van der Waals surface area contributed by atoms with Crippen LogP contribution in [0.15, 0.2) is 18.2 Å². The molecule has 0 saturated heterocycles. The molecule has 1 atom stereocenters. The van der Waals surface area contributed by atoms with Crippen LogP contribution in [0.2, 0.25) is 0 Å². The maximum atomic E-state index is 13.3. The number of rotatable bonds is 4. The third-order valence-electron chi connectivity index (χ3n) is 2.12. The van der Waals surface area contributed by atoms with Crippen LogP contribution >= 0.6 is 0 Å².